The maximum Gasteiger partial charge on any atom is 0.335 e. The van der Waals surface area contributed by atoms with Gasteiger partial charge in [-0.3, -0.25) is 9.59 Å². The van der Waals surface area contributed by atoms with Gasteiger partial charge in [-0.15, -0.1) is 0 Å². The number of nitrogens with zero attached hydrogens (tertiary/aromatic N) is 1. The molecular formula is C15H19NO5. The number of amides is 1. The minimum absolute atomic E-state index is 0.00454. The Morgan fingerprint density at radius 2 is 1.76 bits per heavy atom. The Hall–Kier alpha value is -2.37. The predicted molar refractivity (Wildman–Crippen MR) is 77.4 cm³/mol. The first-order valence-electron chi connectivity index (χ1n) is 6.61. The van der Waals surface area contributed by atoms with Crippen molar-refractivity contribution in [1.29, 1.82) is 0 Å². The zero-order valence-electron chi connectivity index (χ0n) is 12.2. The van der Waals surface area contributed by atoms with Gasteiger partial charge in [0.2, 0.25) is 5.91 Å². The molecule has 0 aliphatic carbocycles. The normalized spacial score (nSPS) is 12.0. The lowest BCUT2D eigenvalue weighted by Crippen LogP contribution is -2.39. The summed E-state index contributed by atoms with van der Waals surface area (Å²) >= 11 is 0. The molecule has 0 radical (unpaired) electrons. The molecule has 114 valence electrons. The number of anilines is 1. The highest BCUT2D eigenvalue weighted by molar-refractivity contribution is 5.97. The van der Waals surface area contributed by atoms with Gasteiger partial charge in [0.05, 0.1) is 11.5 Å². The number of carbonyl (C=O) groups is 3. The summed E-state index contributed by atoms with van der Waals surface area (Å²) in [6.07, 6.45) is 0. The first-order chi connectivity index (χ1) is 9.73. The largest absolute Gasteiger partial charge is 0.481 e. The molecule has 21 heavy (non-hydrogen) atoms. The predicted octanol–water partition coefficient (Wildman–Crippen LogP) is 2.09. The Kier molecular flexibility index (Phi) is 5.46. The van der Waals surface area contributed by atoms with E-state index in [1.165, 1.54) is 30.0 Å². The fraction of sp³-hybridized carbons (Fsp3) is 0.400. The number of aliphatic carboxylic acids is 1. The number of rotatable bonds is 6. The highest BCUT2D eigenvalue weighted by Gasteiger charge is 2.24. The van der Waals surface area contributed by atoms with E-state index in [1.807, 2.05) is 0 Å². The fourth-order valence-corrected chi connectivity index (χ4v) is 1.79. The summed E-state index contributed by atoms with van der Waals surface area (Å²) < 4.78 is 0. The number of aromatic carboxylic acids is 1. The van der Waals surface area contributed by atoms with Gasteiger partial charge < -0.3 is 15.1 Å². The standard InChI is InChI=1S/C15H19NO5/c1-9(2)13(17)16(8-10(3)14(18)19)12-6-4-5-11(7-12)15(20)21/h4-7,9-10H,8H2,1-3H3,(H,18,19)(H,20,21). The van der Waals surface area contributed by atoms with E-state index in [1.54, 1.807) is 19.9 Å². The van der Waals surface area contributed by atoms with Crippen molar-refractivity contribution in [2.45, 2.75) is 20.8 Å². The number of hydrogen-bond acceptors (Lipinski definition) is 3. The summed E-state index contributed by atoms with van der Waals surface area (Å²) in [5.74, 6) is -3.42. The van der Waals surface area contributed by atoms with E-state index in [-0.39, 0.29) is 23.9 Å². The van der Waals surface area contributed by atoms with Crippen LogP contribution in [-0.2, 0) is 9.59 Å². The molecule has 0 fully saturated rings. The molecule has 1 amide bonds. The van der Waals surface area contributed by atoms with E-state index in [0.29, 0.717) is 5.69 Å². The van der Waals surface area contributed by atoms with Crippen molar-refractivity contribution in [2.24, 2.45) is 11.8 Å². The second-order valence-electron chi connectivity index (χ2n) is 5.20. The second kappa shape index (κ2) is 6.88. The molecule has 1 aromatic rings. The molecule has 0 saturated carbocycles. The summed E-state index contributed by atoms with van der Waals surface area (Å²) in [6.45, 7) is 4.92. The second-order valence-corrected chi connectivity index (χ2v) is 5.20. The lowest BCUT2D eigenvalue weighted by molar-refractivity contribution is -0.140. The molecule has 1 unspecified atom stereocenters. The van der Waals surface area contributed by atoms with Crippen LogP contribution >= 0.6 is 0 Å². The molecule has 0 aromatic heterocycles. The van der Waals surface area contributed by atoms with Gasteiger partial charge in [-0.05, 0) is 18.2 Å². The van der Waals surface area contributed by atoms with Crippen LogP contribution in [0.4, 0.5) is 5.69 Å². The van der Waals surface area contributed by atoms with Crippen LogP contribution < -0.4 is 4.90 Å². The topological polar surface area (TPSA) is 94.9 Å². The smallest absolute Gasteiger partial charge is 0.335 e. The third-order valence-corrected chi connectivity index (χ3v) is 3.04. The number of carboxylic acid groups (broad SMARTS) is 2. The van der Waals surface area contributed by atoms with Gasteiger partial charge in [0, 0.05) is 18.2 Å². The first-order valence-corrected chi connectivity index (χ1v) is 6.61. The highest BCUT2D eigenvalue weighted by atomic mass is 16.4. The van der Waals surface area contributed by atoms with Gasteiger partial charge in [0.25, 0.3) is 0 Å². The van der Waals surface area contributed by atoms with Crippen molar-refractivity contribution in [2.75, 3.05) is 11.4 Å². The minimum atomic E-state index is -1.10. The van der Waals surface area contributed by atoms with E-state index >= 15 is 0 Å². The van der Waals surface area contributed by atoms with E-state index in [4.69, 9.17) is 10.2 Å². The zero-order valence-corrected chi connectivity index (χ0v) is 12.2. The van der Waals surface area contributed by atoms with Gasteiger partial charge in [-0.2, -0.15) is 0 Å². The number of hydrogen-bond donors (Lipinski definition) is 2. The lowest BCUT2D eigenvalue weighted by atomic mass is 10.1. The molecule has 0 saturated heterocycles. The number of carbonyl (C=O) groups excluding carboxylic acids is 1. The monoisotopic (exact) mass is 293 g/mol. The van der Waals surface area contributed by atoms with Crippen LogP contribution in [-0.4, -0.2) is 34.6 Å². The third kappa shape index (κ3) is 4.30. The van der Waals surface area contributed by atoms with Crippen LogP contribution in [0.3, 0.4) is 0 Å². The summed E-state index contributed by atoms with van der Waals surface area (Å²) in [7, 11) is 0. The Bertz CT molecular complexity index is 553. The molecule has 2 N–H and O–H groups in total. The van der Waals surface area contributed by atoms with Gasteiger partial charge in [-0.1, -0.05) is 26.8 Å². The van der Waals surface area contributed by atoms with E-state index in [0.717, 1.165) is 0 Å². The highest BCUT2D eigenvalue weighted by Crippen LogP contribution is 2.20. The maximum absolute atomic E-state index is 12.3. The zero-order chi connectivity index (χ0) is 16.2. The van der Waals surface area contributed by atoms with Gasteiger partial charge in [-0.25, -0.2) is 4.79 Å². The molecule has 0 bridgehead atoms. The van der Waals surface area contributed by atoms with Crippen molar-refractivity contribution in [3.63, 3.8) is 0 Å². The minimum Gasteiger partial charge on any atom is -0.481 e. The molecule has 1 atom stereocenters. The molecule has 0 spiro atoms. The summed E-state index contributed by atoms with van der Waals surface area (Å²) in [6, 6.07) is 5.92. The summed E-state index contributed by atoms with van der Waals surface area (Å²) in [4.78, 5) is 35.6. The van der Waals surface area contributed by atoms with Gasteiger partial charge >= 0.3 is 11.9 Å². The molecule has 1 aromatic carbocycles. The van der Waals surface area contributed by atoms with Crippen LogP contribution in [0.25, 0.3) is 0 Å². The summed E-state index contributed by atoms with van der Waals surface area (Å²) in [5.41, 5.74) is 0.443. The third-order valence-electron chi connectivity index (χ3n) is 3.04. The quantitative estimate of drug-likeness (QED) is 0.837. The Morgan fingerprint density at radius 1 is 1.14 bits per heavy atom. The molecule has 0 heterocycles. The van der Waals surface area contributed by atoms with Crippen LogP contribution in [0, 0.1) is 11.8 Å². The van der Waals surface area contributed by atoms with Crippen LogP contribution in [0.2, 0.25) is 0 Å². The van der Waals surface area contributed by atoms with Crippen LogP contribution in [0.1, 0.15) is 31.1 Å². The van der Waals surface area contributed by atoms with Gasteiger partial charge in [0.1, 0.15) is 0 Å². The fourth-order valence-electron chi connectivity index (χ4n) is 1.79. The van der Waals surface area contributed by atoms with Crippen molar-refractivity contribution in [1.82, 2.24) is 0 Å². The van der Waals surface area contributed by atoms with Crippen LogP contribution in [0.5, 0.6) is 0 Å². The van der Waals surface area contributed by atoms with Crippen molar-refractivity contribution in [3.8, 4) is 0 Å². The van der Waals surface area contributed by atoms with Crippen molar-refractivity contribution >= 4 is 23.5 Å². The molecular weight excluding hydrogens is 274 g/mol. The van der Waals surface area contributed by atoms with Gasteiger partial charge in [0.15, 0.2) is 0 Å². The lowest BCUT2D eigenvalue weighted by Gasteiger charge is -2.26. The number of carboxylic acids is 2. The average Bonchev–Trinajstić information content (AvgIpc) is 2.43. The van der Waals surface area contributed by atoms with Crippen molar-refractivity contribution < 1.29 is 24.6 Å². The first kappa shape index (κ1) is 16.7. The van der Waals surface area contributed by atoms with E-state index < -0.39 is 17.9 Å². The summed E-state index contributed by atoms with van der Waals surface area (Å²) in [5, 5.41) is 18.0. The Morgan fingerprint density at radius 3 is 2.24 bits per heavy atom. The average molecular weight is 293 g/mol. The van der Waals surface area contributed by atoms with Crippen LogP contribution in [0.15, 0.2) is 24.3 Å². The maximum atomic E-state index is 12.3. The molecule has 6 heteroatoms. The SMILES string of the molecule is CC(C)C(=O)N(CC(C)C(=O)O)c1cccc(C(=O)O)c1. The Balaban J connectivity index is 3.17. The molecule has 6 nitrogen and oxygen atoms in total. The van der Waals surface area contributed by atoms with Crippen molar-refractivity contribution in [3.05, 3.63) is 29.8 Å². The van der Waals surface area contributed by atoms with E-state index in [9.17, 15) is 14.4 Å². The molecule has 1 rings (SSSR count). The molecule has 0 aliphatic heterocycles. The number of benzene rings is 1. The molecule has 0 aliphatic rings. The van der Waals surface area contributed by atoms with E-state index in [2.05, 4.69) is 0 Å². The Labute approximate surface area is 123 Å².